The second-order valence-electron chi connectivity index (χ2n) is 3.59. The summed E-state index contributed by atoms with van der Waals surface area (Å²) >= 11 is 0. The van der Waals surface area contributed by atoms with Crippen molar-refractivity contribution in [1.82, 2.24) is 9.97 Å². The molecule has 0 saturated carbocycles. The van der Waals surface area contributed by atoms with Crippen molar-refractivity contribution in [3.05, 3.63) is 54.6 Å². The lowest BCUT2D eigenvalue weighted by Crippen LogP contribution is -1.89. The number of hydrogen-bond donors (Lipinski definition) is 0. The molecule has 0 aliphatic carbocycles. The third-order valence-electron chi connectivity index (χ3n) is 2.58. The minimum absolute atomic E-state index is 0.851. The first kappa shape index (κ1) is 9.04. The third-order valence-corrected chi connectivity index (χ3v) is 2.58. The Labute approximate surface area is 93.3 Å². The molecule has 0 spiro atoms. The molecular formula is C14H9N2. The molecule has 1 heterocycles. The lowest BCUT2D eigenvalue weighted by molar-refractivity contribution is 1.39. The second-order valence-corrected chi connectivity index (χ2v) is 3.59. The van der Waals surface area contributed by atoms with E-state index in [-0.39, 0.29) is 0 Å². The number of rotatable bonds is 1. The van der Waals surface area contributed by atoms with Gasteiger partial charge in [-0.2, -0.15) is 0 Å². The van der Waals surface area contributed by atoms with Crippen LogP contribution < -0.4 is 0 Å². The Bertz CT molecular complexity index is 686. The molecule has 0 amide bonds. The van der Waals surface area contributed by atoms with Gasteiger partial charge in [-0.3, -0.25) is 0 Å². The predicted molar refractivity (Wildman–Crippen MR) is 65.8 cm³/mol. The van der Waals surface area contributed by atoms with Crippen LogP contribution in [0.5, 0.6) is 0 Å². The van der Waals surface area contributed by atoms with Crippen molar-refractivity contribution < 1.29 is 0 Å². The first-order valence-corrected chi connectivity index (χ1v) is 5.09. The molecular weight excluding hydrogens is 196 g/mol. The van der Waals surface area contributed by atoms with Crippen LogP contribution in [-0.4, -0.2) is 9.97 Å². The fourth-order valence-electron chi connectivity index (χ4n) is 1.80. The van der Waals surface area contributed by atoms with Crippen LogP contribution >= 0.6 is 0 Å². The summed E-state index contributed by atoms with van der Waals surface area (Å²) in [4.78, 5) is 9.12. The van der Waals surface area contributed by atoms with E-state index < -0.39 is 0 Å². The summed E-state index contributed by atoms with van der Waals surface area (Å²) in [5, 5.41) is 0. The monoisotopic (exact) mass is 205 g/mol. The van der Waals surface area contributed by atoms with E-state index in [0.717, 1.165) is 27.6 Å². The molecule has 16 heavy (non-hydrogen) atoms. The van der Waals surface area contributed by atoms with E-state index in [4.69, 9.17) is 6.58 Å². The van der Waals surface area contributed by atoms with Gasteiger partial charge in [0.25, 0.3) is 0 Å². The molecule has 0 unspecified atom stereocenters. The van der Waals surface area contributed by atoms with Gasteiger partial charge < -0.3 is 0 Å². The number of para-hydroxylation sites is 3. The smallest absolute Gasteiger partial charge is 0.0966 e. The van der Waals surface area contributed by atoms with Crippen molar-refractivity contribution in [3.8, 4) is 0 Å². The van der Waals surface area contributed by atoms with Crippen LogP contribution in [0.3, 0.4) is 0 Å². The van der Waals surface area contributed by atoms with Gasteiger partial charge in [-0.25, -0.2) is 9.97 Å². The molecule has 2 nitrogen and oxygen atoms in total. The second kappa shape index (κ2) is 3.42. The van der Waals surface area contributed by atoms with E-state index >= 15 is 0 Å². The van der Waals surface area contributed by atoms with Gasteiger partial charge in [0.1, 0.15) is 0 Å². The SMILES string of the molecule is [CH]=Cc1cccc2nc3ccccc3nc12. The quantitative estimate of drug-likeness (QED) is 0.570. The third kappa shape index (κ3) is 1.27. The molecule has 1 aromatic heterocycles. The first-order chi connectivity index (χ1) is 7.88. The topological polar surface area (TPSA) is 25.8 Å². The maximum atomic E-state index is 5.57. The van der Waals surface area contributed by atoms with Crippen LogP contribution in [0.1, 0.15) is 5.56 Å². The van der Waals surface area contributed by atoms with Crippen LogP contribution in [0.2, 0.25) is 0 Å². The fourth-order valence-corrected chi connectivity index (χ4v) is 1.80. The molecule has 75 valence electrons. The predicted octanol–water partition coefficient (Wildman–Crippen LogP) is 3.23. The van der Waals surface area contributed by atoms with E-state index in [9.17, 15) is 0 Å². The van der Waals surface area contributed by atoms with Gasteiger partial charge in [-0.15, -0.1) is 0 Å². The number of fused-ring (bicyclic) bond motifs is 2. The first-order valence-electron chi connectivity index (χ1n) is 5.09. The maximum absolute atomic E-state index is 5.57. The highest BCUT2D eigenvalue weighted by atomic mass is 14.8. The van der Waals surface area contributed by atoms with E-state index in [1.54, 1.807) is 6.08 Å². The maximum Gasteiger partial charge on any atom is 0.0966 e. The Morgan fingerprint density at radius 1 is 0.812 bits per heavy atom. The molecule has 0 aliphatic heterocycles. The van der Waals surface area contributed by atoms with E-state index in [1.165, 1.54) is 0 Å². The highest BCUT2D eigenvalue weighted by Gasteiger charge is 2.02. The Morgan fingerprint density at radius 2 is 1.50 bits per heavy atom. The average Bonchev–Trinajstić information content (AvgIpc) is 2.35. The largest absolute Gasteiger partial charge is 0.244 e. The van der Waals surface area contributed by atoms with Crippen LogP contribution in [0.15, 0.2) is 42.5 Å². The molecule has 0 bridgehead atoms. The summed E-state index contributed by atoms with van der Waals surface area (Å²) in [5.74, 6) is 0. The Balaban J connectivity index is 2.51. The van der Waals surface area contributed by atoms with Crippen LogP contribution in [-0.2, 0) is 0 Å². The van der Waals surface area contributed by atoms with Gasteiger partial charge in [0.05, 0.1) is 22.1 Å². The molecule has 0 saturated heterocycles. The van der Waals surface area contributed by atoms with Crippen molar-refractivity contribution in [3.63, 3.8) is 0 Å². The van der Waals surface area contributed by atoms with E-state index in [0.29, 0.717) is 0 Å². The Kier molecular flexibility index (Phi) is 1.93. The fraction of sp³-hybridized carbons (Fsp3) is 0. The van der Waals surface area contributed by atoms with E-state index in [2.05, 4.69) is 9.97 Å². The highest BCUT2D eigenvalue weighted by Crippen LogP contribution is 2.19. The molecule has 1 radical (unpaired) electrons. The number of hydrogen-bond acceptors (Lipinski definition) is 2. The van der Waals surface area contributed by atoms with Crippen molar-refractivity contribution in [2.75, 3.05) is 0 Å². The zero-order valence-corrected chi connectivity index (χ0v) is 8.59. The van der Waals surface area contributed by atoms with Gasteiger partial charge in [-0.1, -0.05) is 36.9 Å². The van der Waals surface area contributed by atoms with Gasteiger partial charge in [0.15, 0.2) is 0 Å². The highest BCUT2D eigenvalue weighted by molar-refractivity contribution is 5.90. The van der Waals surface area contributed by atoms with Crippen molar-refractivity contribution >= 4 is 28.1 Å². The summed E-state index contributed by atoms with van der Waals surface area (Å²) in [5.41, 5.74) is 4.44. The minimum atomic E-state index is 0.851. The summed E-state index contributed by atoms with van der Waals surface area (Å²) in [6.07, 6.45) is 1.56. The minimum Gasteiger partial charge on any atom is -0.244 e. The molecule has 2 aromatic carbocycles. The molecule has 0 atom stereocenters. The Morgan fingerprint density at radius 3 is 2.25 bits per heavy atom. The standard InChI is InChI=1S/C14H9N2/c1-2-10-6-5-9-13-14(10)16-12-8-4-3-7-11(12)15-13/h1-9H. The molecule has 2 heteroatoms. The summed E-state index contributed by atoms with van der Waals surface area (Å²) in [6.45, 7) is 5.57. The molecule has 0 aliphatic rings. The number of nitrogens with zero attached hydrogens (tertiary/aromatic N) is 2. The van der Waals surface area contributed by atoms with Crippen molar-refractivity contribution in [2.45, 2.75) is 0 Å². The number of aromatic nitrogens is 2. The van der Waals surface area contributed by atoms with Crippen molar-refractivity contribution in [2.24, 2.45) is 0 Å². The van der Waals surface area contributed by atoms with Crippen molar-refractivity contribution in [1.29, 1.82) is 0 Å². The lowest BCUT2D eigenvalue weighted by Gasteiger charge is -2.02. The Hall–Kier alpha value is -2.22. The molecule has 0 fully saturated rings. The number of benzene rings is 2. The normalized spacial score (nSPS) is 10.8. The molecule has 3 rings (SSSR count). The zero-order chi connectivity index (χ0) is 11.0. The van der Waals surface area contributed by atoms with Gasteiger partial charge in [0, 0.05) is 5.56 Å². The average molecular weight is 205 g/mol. The summed E-state index contributed by atoms with van der Waals surface area (Å²) < 4.78 is 0. The molecule has 3 aromatic rings. The van der Waals surface area contributed by atoms with Crippen LogP contribution in [0.25, 0.3) is 28.1 Å². The lowest BCUT2D eigenvalue weighted by atomic mass is 10.1. The summed E-state index contributed by atoms with van der Waals surface area (Å²) in [7, 11) is 0. The summed E-state index contributed by atoms with van der Waals surface area (Å²) in [6, 6.07) is 13.6. The zero-order valence-electron chi connectivity index (χ0n) is 8.59. The molecule has 0 N–H and O–H groups in total. The van der Waals surface area contributed by atoms with Gasteiger partial charge in [-0.05, 0) is 18.2 Å². The van der Waals surface area contributed by atoms with Gasteiger partial charge in [0.2, 0.25) is 0 Å². The van der Waals surface area contributed by atoms with Gasteiger partial charge >= 0.3 is 0 Å². The van der Waals surface area contributed by atoms with E-state index in [1.807, 2.05) is 42.5 Å². The van der Waals surface area contributed by atoms with Crippen LogP contribution in [0, 0.1) is 6.58 Å². The van der Waals surface area contributed by atoms with Crippen LogP contribution in [0.4, 0.5) is 0 Å².